The molecule has 0 aliphatic carbocycles. The summed E-state index contributed by atoms with van der Waals surface area (Å²) >= 11 is 0. The fraction of sp³-hybridized carbons (Fsp3) is 0.471. The molecule has 3 heterocycles. The Labute approximate surface area is 142 Å². The highest BCUT2D eigenvalue weighted by Crippen LogP contribution is 2.30. The summed E-state index contributed by atoms with van der Waals surface area (Å²) in [6.07, 6.45) is 8.59. The molecular weight excluding hydrogens is 304 g/mol. The standard InChI is InChI=1S/C17H24N6O/c1-22(2)16-13(6-5-8-18-16)10-19-17(24)23-9-4-3-7-15(23)14-11-20-21-12-14/h5-6,8,11-12,15H,3-4,7,9-10H2,1-2H3,(H,19,24)(H,20,21)/t15-/m0/s1. The van der Waals surface area contributed by atoms with Crippen LogP contribution in [0, 0.1) is 0 Å². The molecule has 7 heteroatoms. The maximum Gasteiger partial charge on any atom is 0.318 e. The number of H-pyrrole nitrogens is 1. The van der Waals surface area contributed by atoms with E-state index in [1.807, 2.05) is 48.4 Å². The SMILES string of the molecule is CN(C)c1ncccc1CNC(=O)N1CCCC[C@H]1c1cn[nH]c1. The number of hydrogen-bond donors (Lipinski definition) is 2. The molecule has 0 bridgehead atoms. The molecule has 1 saturated heterocycles. The summed E-state index contributed by atoms with van der Waals surface area (Å²) in [7, 11) is 3.90. The van der Waals surface area contributed by atoms with Crippen LogP contribution in [0.5, 0.6) is 0 Å². The third-order valence-electron chi connectivity index (χ3n) is 4.39. The second-order valence-electron chi connectivity index (χ2n) is 6.28. The molecule has 2 aromatic heterocycles. The number of amides is 2. The third kappa shape index (κ3) is 3.50. The molecule has 128 valence electrons. The van der Waals surface area contributed by atoms with Crippen molar-refractivity contribution in [1.82, 2.24) is 25.4 Å². The lowest BCUT2D eigenvalue weighted by Crippen LogP contribution is -2.44. The molecule has 0 aromatic carbocycles. The van der Waals surface area contributed by atoms with Crippen LogP contribution in [0.25, 0.3) is 0 Å². The van der Waals surface area contributed by atoms with Gasteiger partial charge in [0.15, 0.2) is 0 Å². The summed E-state index contributed by atoms with van der Waals surface area (Å²) in [5.74, 6) is 0.878. The molecule has 0 radical (unpaired) electrons. The Morgan fingerprint density at radius 1 is 1.46 bits per heavy atom. The van der Waals surface area contributed by atoms with Crippen LogP contribution < -0.4 is 10.2 Å². The Balaban J connectivity index is 1.68. The number of carbonyl (C=O) groups is 1. The van der Waals surface area contributed by atoms with Gasteiger partial charge in [-0.2, -0.15) is 5.10 Å². The zero-order valence-electron chi connectivity index (χ0n) is 14.2. The largest absolute Gasteiger partial charge is 0.362 e. The van der Waals surface area contributed by atoms with Gasteiger partial charge in [-0.05, 0) is 25.3 Å². The van der Waals surface area contributed by atoms with Crippen LogP contribution in [0.4, 0.5) is 10.6 Å². The normalized spacial score (nSPS) is 17.6. The van der Waals surface area contributed by atoms with Crippen molar-refractivity contribution in [3.63, 3.8) is 0 Å². The summed E-state index contributed by atoms with van der Waals surface area (Å²) < 4.78 is 0. The maximum atomic E-state index is 12.7. The van der Waals surface area contributed by atoms with Gasteiger partial charge in [-0.3, -0.25) is 5.10 Å². The first-order valence-corrected chi connectivity index (χ1v) is 8.31. The van der Waals surface area contributed by atoms with Crippen LogP contribution in [-0.2, 0) is 6.54 Å². The first kappa shape index (κ1) is 16.3. The Hall–Kier alpha value is -2.57. The van der Waals surface area contributed by atoms with E-state index >= 15 is 0 Å². The van der Waals surface area contributed by atoms with Gasteiger partial charge in [0.2, 0.25) is 0 Å². The summed E-state index contributed by atoms with van der Waals surface area (Å²) in [4.78, 5) is 21.0. The first-order valence-electron chi connectivity index (χ1n) is 8.31. The highest BCUT2D eigenvalue weighted by atomic mass is 16.2. The van der Waals surface area contributed by atoms with Gasteiger partial charge < -0.3 is 15.1 Å². The van der Waals surface area contributed by atoms with E-state index in [1.54, 1.807) is 6.20 Å². The number of pyridine rings is 1. The monoisotopic (exact) mass is 328 g/mol. The summed E-state index contributed by atoms with van der Waals surface area (Å²) in [6.45, 7) is 1.24. The highest BCUT2D eigenvalue weighted by molar-refractivity contribution is 5.75. The van der Waals surface area contributed by atoms with Crippen molar-refractivity contribution in [2.24, 2.45) is 0 Å². The minimum atomic E-state index is -0.0329. The van der Waals surface area contributed by atoms with E-state index in [4.69, 9.17) is 0 Å². The number of urea groups is 1. The van der Waals surface area contributed by atoms with Gasteiger partial charge in [0.1, 0.15) is 5.82 Å². The van der Waals surface area contributed by atoms with E-state index in [1.165, 1.54) is 0 Å². The highest BCUT2D eigenvalue weighted by Gasteiger charge is 2.28. The molecule has 1 atom stereocenters. The lowest BCUT2D eigenvalue weighted by atomic mass is 9.98. The maximum absolute atomic E-state index is 12.7. The van der Waals surface area contributed by atoms with Crippen molar-refractivity contribution in [2.45, 2.75) is 31.8 Å². The summed E-state index contributed by atoms with van der Waals surface area (Å²) in [5.41, 5.74) is 2.08. The number of hydrogen-bond acceptors (Lipinski definition) is 4. The van der Waals surface area contributed by atoms with Gasteiger partial charge in [-0.25, -0.2) is 9.78 Å². The number of rotatable bonds is 4. The van der Waals surface area contributed by atoms with Crippen molar-refractivity contribution in [3.05, 3.63) is 41.9 Å². The molecule has 1 aliphatic heterocycles. The number of piperidine rings is 1. The average molecular weight is 328 g/mol. The second-order valence-corrected chi connectivity index (χ2v) is 6.28. The van der Waals surface area contributed by atoms with E-state index in [-0.39, 0.29) is 12.1 Å². The van der Waals surface area contributed by atoms with Crippen LogP contribution in [0.3, 0.4) is 0 Å². The second kappa shape index (κ2) is 7.33. The zero-order chi connectivity index (χ0) is 16.9. The smallest absolute Gasteiger partial charge is 0.318 e. The van der Waals surface area contributed by atoms with Crippen LogP contribution in [0.1, 0.15) is 36.4 Å². The number of nitrogens with one attached hydrogen (secondary N) is 2. The van der Waals surface area contributed by atoms with Crippen molar-refractivity contribution >= 4 is 11.8 Å². The zero-order valence-corrected chi connectivity index (χ0v) is 14.2. The molecule has 7 nitrogen and oxygen atoms in total. The molecule has 2 aromatic rings. The van der Waals surface area contributed by atoms with Crippen LogP contribution in [0.15, 0.2) is 30.7 Å². The predicted molar refractivity (Wildman–Crippen MR) is 92.7 cm³/mol. The Kier molecular flexibility index (Phi) is 4.98. The van der Waals surface area contributed by atoms with Gasteiger partial charge in [-0.1, -0.05) is 6.07 Å². The van der Waals surface area contributed by atoms with Crippen molar-refractivity contribution in [2.75, 3.05) is 25.5 Å². The molecule has 0 spiro atoms. The lowest BCUT2D eigenvalue weighted by molar-refractivity contribution is 0.151. The molecule has 2 N–H and O–H groups in total. The van der Waals surface area contributed by atoms with Gasteiger partial charge >= 0.3 is 6.03 Å². The van der Waals surface area contributed by atoms with Crippen molar-refractivity contribution < 1.29 is 4.79 Å². The molecule has 3 rings (SSSR count). The van der Waals surface area contributed by atoms with E-state index < -0.39 is 0 Å². The molecule has 0 unspecified atom stereocenters. The van der Waals surface area contributed by atoms with Gasteiger partial charge in [0, 0.05) is 50.7 Å². The number of carbonyl (C=O) groups excluding carboxylic acids is 1. The molecule has 1 fully saturated rings. The number of likely N-dealkylation sites (tertiary alicyclic amines) is 1. The van der Waals surface area contributed by atoms with Gasteiger partial charge in [0.05, 0.1) is 12.2 Å². The Morgan fingerprint density at radius 2 is 2.33 bits per heavy atom. The topological polar surface area (TPSA) is 77.2 Å². The molecule has 2 amide bonds. The van der Waals surface area contributed by atoms with E-state index in [0.29, 0.717) is 6.54 Å². The number of aromatic nitrogens is 3. The molecule has 0 saturated carbocycles. The minimum Gasteiger partial charge on any atom is -0.362 e. The summed E-state index contributed by atoms with van der Waals surface area (Å²) in [5, 5.41) is 9.91. The van der Waals surface area contributed by atoms with Crippen LogP contribution in [0.2, 0.25) is 0 Å². The quantitative estimate of drug-likeness (QED) is 0.903. The van der Waals surface area contributed by atoms with Gasteiger partial charge in [0.25, 0.3) is 0 Å². The molecular formula is C17H24N6O. The average Bonchev–Trinajstić information content (AvgIpc) is 3.14. The van der Waals surface area contributed by atoms with Crippen molar-refractivity contribution in [3.8, 4) is 0 Å². The van der Waals surface area contributed by atoms with Gasteiger partial charge in [-0.15, -0.1) is 0 Å². The fourth-order valence-corrected chi connectivity index (χ4v) is 3.21. The van der Waals surface area contributed by atoms with E-state index in [0.717, 1.165) is 42.8 Å². The predicted octanol–water partition coefficient (Wildman–Crippen LogP) is 2.31. The van der Waals surface area contributed by atoms with Crippen LogP contribution in [-0.4, -0.2) is 46.8 Å². The Bertz CT molecular complexity index is 669. The van der Waals surface area contributed by atoms with Crippen LogP contribution >= 0.6 is 0 Å². The molecule has 24 heavy (non-hydrogen) atoms. The number of aromatic amines is 1. The molecule has 1 aliphatic rings. The number of nitrogens with zero attached hydrogens (tertiary/aromatic N) is 4. The fourth-order valence-electron chi connectivity index (χ4n) is 3.21. The van der Waals surface area contributed by atoms with Crippen molar-refractivity contribution in [1.29, 1.82) is 0 Å². The minimum absolute atomic E-state index is 0.0329. The number of anilines is 1. The van der Waals surface area contributed by atoms with E-state index in [9.17, 15) is 4.79 Å². The van der Waals surface area contributed by atoms with E-state index in [2.05, 4.69) is 20.5 Å². The third-order valence-corrected chi connectivity index (χ3v) is 4.39. The Morgan fingerprint density at radius 3 is 3.08 bits per heavy atom. The summed E-state index contributed by atoms with van der Waals surface area (Å²) in [6, 6.07) is 3.95. The first-order chi connectivity index (χ1) is 11.7. The lowest BCUT2D eigenvalue weighted by Gasteiger charge is -2.35.